The molecule has 0 saturated carbocycles. The van der Waals surface area contributed by atoms with Crippen molar-refractivity contribution >= 4 is 16.8 Å². The highest BCUT2D eigenvalue weighted by atomic mass is 32.2. The second-order valence-corrected chi connectivity index (χ2v) is 5.45. The van der Waals surface area contributed by atoms with Crippen LogP contribution >= 0.6 is 0 Å². The monoisotopic (exact) mass is 234 g/mol. The first kappa shape index (κ1) is 14.4. The number of nitrogens with two attached hydrogens (primary N) is 1. The van der Waals surface area contributed by atoms with Crippen molar-refractivity contribution in [2.24, 2.45) is 16.8 Å². The summed E-state index contributed by atoms with van der Waals surface area (Å²) in [6.07, 6.45) is 0. The van der Waals surface area contributed by atoms with Crippen LogP contribution in [-0.4, -0.2) is 34.8 Å². The number of nitrogens with one attached hydrogen (secondary N) is 2. The van der Waals surface area contributed by atoms with Gasteiger partial charge in [0.25, 0.3) is 0 Å². The lowest BCUT2D eigenvalue weighted by molar-refractivity contribution is 0.657. The third kappa shape index (κ3) is 8.38. The zero-order valence-corrected chi connectivity index (χ0v) is 10.6. The van der Waals surface area contributed by atoms with Crippen LogP contribution in [0, 0.1) is 5.92 Å². The lowest BCUT2D eigenvalue weighted by atomic mass is 10.2. The van der Waals surface area contributed by atoms with E-state index in [1.165, 1.54) is 0 Å². The Morgan fingerprint density at radius 1 is 1.53 bits per heavy atom. The van der Waals surface area contributed by atoms with E-state index in [2.05, 4.69) is 29.6 Å². The number of guanidine groups is 1. The first-order valence-electron chi connectivity index (χ1n) is 5.20. The van der Waals surface area contributed by atoms with Crippen LogP contribution < -0.4 is 16.6 Å². The van der Waals surface area contributed by atoms with E-state index in [0.29, 0.717) is 29.9 Å². The maximum Gasteiger partial charge on any atom is 0.205 e. The SMILES string of the molecule is CCS(=O)CCNC(=NCC(C)C)NN. The van der Waals surface area contributed by atoms with Gasteiger partial charge in [0.15, 0.2) is 0 Å². The van der Waals surface area contributed by atoms with Crippen LogP contribution in [0.5, 0.6) is 0 Å². The molecule has 0 heterocycles. The highest BCUT2D eigenvalue weighted by Crippen LogP contribution is 1.90. The van der Waals surface area contributed by atoms with Gasteiger partial charge in [0.05, 0.1) is 0 Å². The number of nitrogens with zero attached hydrogens (tertiary/aromatic N) is 1. The number of aliphatic imine (C=N–C) groups is 1. The Morgan fingerprint density at radius 2 is 2.20 bits per heavy atom. The van der Waals surface area contributed by atoms with Gasteiger partial charge in [0.1, 0.15) is 0 Å². The maximum absolute atomic E-state index is 11.1. The largest absolute Gasteiger partial charge is 0.354 e. The van der Waals surface area contributed by atoms with Crippen molar-refractivity contribution in [1.29, 1.82) is 0 Å². The Hall–Kier alpha value is -0.620. The summed E-state index contributed by atoms with van der Waals surface area (Å²) in [5.41, 5.74) is 2.49. The van der Waals surface area contributed by atoms with E-state index >= 15 is 0 Å². The average molecular weight is 234 g/mol. The van der Waals surface area contributed by atoms with E-state index in [4.69, 9.17) is 5.84 Å². The molecule has 0 aliphatic carbocycles. The molecule has 15 heavy (non-hydrogen) atoms. The summed E-state index contributed by atoms with van der Waals surface area (Å²) in [5.74, 6) is 7.67. The molecule has 0 radical (unpaired) electrons. The van der Waals surface area contributed by atoms with Gasteiger partial charge < -0.3 is 5.32 Å². The fraction of sp³-hybridized carbons (Fsp3) is 0.889. The van der Waals surface area contributed by atoms with Gasteiger partial charge in [-0.2, -0.15) is 0 Å². The quantitative estimate of drug-likeness (QED) is 0.258. The normalized spacial score (nSPS) is 14.1. The molecule has 90 valence electrons. The molecule has 0 aliphatic rings. The molecule has 0 rings (SSSR count). The van der Waals surface area contributed by atoms with Crippen LogP contribution in [0.1, 0.15) is 20.8 Å². The molecule has 0 bridgehead atoms. The molecule has 0 amide bonds. The van der Waals surface area contributed by atoms with E-state index in [0.717, 1.165) is 6.54 Å². The molecule has 0 aliphatic heterocycles. The molecule has 0 fully saturated rings. The fourth-order valence-corrected chi connectivity index (χ4v) is 1.47. The summed E-state index contributed by atoms with van der Waals surface area (Å²) in [6, 6.07) is 0. The first-order chi connectivity index (χ1) is 7.10. The molecule has 0 aromatic carbocycles. The standard InChI is InChI=1S/C9H22N4OS/c1-4-15(14)6-5-11-9(13-10)12-7-8(2)3/h8H,4-7,10H2,1-3H3,(H2,11,12,13). The molecule has 1 atom stereocenters. The molecule has 0 spiro atoms. The molecule has 1 unspecified atom stereocenters. The van der Waals surface area contributed by atoms with Crippen molar-refractivity contribution in [2.75, 3.05) is 24.6 Å². The average Bonchev–Trinajstić information content (AvgIpc) is 2.22. The number of hydrazine groups is 1. The Balaban J connectivity index is 3.79. The second kappa shape index (κ2) is 8.67. The van der Waals surface area contributed by atoms with E-state index in [1.54, 1.807) is 0 Å². The first-order valence-corrected chi connectivity index (χ1v) is 6.68. The minimum absolute atomic E-state index is 0.500. The second-order valence-electron chi connectivity index (χ2n) is 3.59. The van der Waals surface area contributed by atoms with Gasteiger partial charge in [-0.25, -0.2) is 5.84 Å². The van der Waals surface area contributed by atoms with Crippen molar-refractivity contribution in [3.8, 4) is 0 Å². The van der Waals surface area contributed by atoms with Gasteiger partial charge in [-0.05, 0) is 5.92 Å². The van der Waals surface area contributed by atoms with Crippen LogP contribution in [0.3, 0.4) is 0 Å². The van der Waals surface area contributed by atoms with E-state index in [-0.39, 0.29) is 0 Å². The van der Waals surface area contributed by atoms with Gasteiger partial charge in [-0.1, -0.05) is 20.8 Å². The highest BCUT2D eigenvalue weighted by Gasteiger charge is 1.99. The molecular formula is C9H22N4OS. The topological polar surface area (TPSA) is 79.5 Å². The van der Waals surface area contributed by atoms with Crippen molar-refractivity contribution in [3.05, 3.63) is 0 Å². The lowest BCUT2D eigenvalue weighted by Crippen LogP contribution is -2.43. The Bertz CT molecular complexity index is 218. The molecular weight excluding hydrogens is 212 g/mol. The number of hydrogen-bond acceptors (Lipinski definition) is 3. The Kier molecular flexibility index (Phi) is 8.31. The third-order valence-electron chi connectivity index (χ3n) is 1.70. The predicted octanol–water partition coefficient (Wildman–Crippen LogP) is -0.180. The van der Waals surface area contributed by atoms with Crippen molar-refractivity contribution in [1.82, 2.24) is 10.7 Å². The molecule has 4 N–H and O–H groups in total. The molecule has 6 heteroatoms. The maximum atomic E-state index is 11.1. The smallest absolute Gasteiger partial charge is 0.205 e. The lowest BCUT2D eigenvalue weighted by Gasteiger charge is -2.09. The van der Waals surface area contributed by atoms with E-state index in [1.807, 2.05) is 6.92 Å². The summed E-state index contributed by atoms with van der Waals surface area (Å²) >= 11 is 0. The summed E-state index contributed by atoms with van der Waals surface area (Å²) in [5, 5.41) is 3.01. The minimum Gasteiger partial charge on any atom is -0.354 e. The van der Waals surface area contributed by atoms with E-state index in [9.17, 15) is 4.21 Å². The van der Waals surface area contributed by atoms with Crippen LogP contribution in [0.25, 0.3) is 0 Å². The van der Waals surface area contributed by atoms with Crippen molar-refractivity contribution < 1.29 is 4.21 Å². The van der Waals surface area contributed by atoms with Gasteiger partial charge >= 0.3 is 0 Å². The Labute approximate surface area is 94.3 Å². The van der Waals surface area contributed by atoms with Crippen LogP contribution in [0.4, 0.5) is 0 Å². The van der Waals surface area contributed by atoms with E-state index < -0.39 is 10.8 Å². The number of rotatable bonds is 6. The zero-order chi connectivity index (χ0) is 11.7. The molecule has 0 saturated heterocycles. The molecule has 5 nitrogen and oxygen atoms in total. The van der Waals surface area contributed by atoms with Crippen LogP contribution in [0.2, 0.25) is 0 Å². The van der Waals surface area contributed by atoms with Crippen LogP contribution in [0.15, 0.2) is 4.99 Å². The summed E-state index contributed by atoms with van der Waals surface area (Å²) in [7, 11) is -0.744. The summed E-state index contributed by atoms with van der Waals surface area (Å²) < 4.78 is 11.1. The predicted molar refractivity (Wildman–Crippen MR) is 66.0 cm³/mol. The van der Waals surface area contributed by atoms with Crippen molar-refractivity contribution in [3.63, 3.8) is 0 Å². The zero-order valence-electron chi connectivity index (χ0n) is 9.75. The minimum atomic E-state index is -0.744. The van der Waals surface area contributed by atoms with Gasteiger partial charge in [0, 0.05) is 35.4 Å². The summed E-state index contributed by atoms with van der Waals surface area (Å²) in [4.78, 5) is 4.23. The van der Waals surface area contributed by atoms with Gasteiger partial charge in [-0.15, -0.1) is 0 Å². The summed E-state index contributed by atoms with van der Waals surface area (Å²) in [6.45, 7) is 7.43. The Morgan fingerprint density at radius 3 is 2.67 bits per heavy atom. The van der Waals surface area contributed by atoms with Gasteiger partial charge in [-0.3, -0.25) is 14.6 Å². The highest BCUT2D eigenvalue weighted by molar-refractivity contribution is 7.84. The molecule has 0 aromatic heterocycles. The van der Waals surface area contributed by atoms with Gasteiger partial charge in [0.2, 0.25) is 5.96 Å². The van der Waals surface area contributed by atoms with Crippen molar-refractivity contribution in [2.45, 2.75) is 20.8 Å². The van der Waals surface area contributed by atoms with Crippen LogP contribution in [-0.2, 0) is 10.8 Å². The third-order valence-corrected chi connectivity index (χ3v) is 3.00. The molecule has 0 aromatic rings. The fourth-order valence-electron chi connectivity index (χ4n) is 0.854. The number of hydrogen-bond donors (Lipinski definition) is 3.